The monoisotopic (exact) mass is 499 g/mol. The Balaban J connectivity index is 1.68. The van der Waals surface area contributed by atoms with Crippen LogP contribution in [-0.4, -0.2) is 13.0 Å². The number of amides is 1. The van der Waals surface area contributed by atoms with Crippen LogP contribution in [0.2, 0.25) is 5.02 Å². The van der Waals surface area contributed by atoms with Gasteiger partial charge >= 0.3 is 6.18 Å². The molecule has 180 valence electrons. The second-order valence-electron chi connectivity index (χ2n) is 8.01. The lowest BCUT2D eigenvalue weighted by Crippen LogP contribution is -2.10. The molecular weight excluding hydrogens is 479 g/mol. The maximum atomic E-state index is 12.8. The summed E-state index contributed by atoms with van der Waals surface area (Å²) in [4.78, 5) is 12.6. The van der Waals surface area contributed by atoms with Crippen LogP contribution in [0.4, 0.5) is 18.9 Å². The average molecular weight is 500 g/mol. The summed E-state index contributed by atoms with van der Waals surface area (Å²) in [6.45, 7) is 3.63. The van der Waals surface area contributed by atoms with Crippen LogP contribution in [0.3, 0.4) is 0 Å². The minimum Gasteiger partial charge on any atom is -0.496 e. The number of anilines is 1. The summed E-state index contributed by atoms with van der Waals surface area (Å²) in [5.41, 5.74) is 4.00. The highest BCUT2D eigenvalue weighted by molar-refractivity contribution is 6.30. The number of aryl methyl sites for hydroxylation is 1. The Morgan fingerprint density at radius 3 is 2.34 bits per heavy atom. The number of allylic oxidation sites excluding steroid dienone is 1. The minimum atomic E-state index is -4.44. The Labute approximate surface area is 205 Å². The van der Waals surface area contributed by atoms with Gasteiger partial charge in [-0.3, -0.25) is 4.79 Å². The summed E-state index contributed by atoms with van der Waals surface area (Å²) in [5.74, 6) is 0.0813. The number of carbonyl (C=O) groups is 1. The lowest BCUT2D eigenvalue weighted by atomic mass is 9.96. The number of carbonyl (C=O) groups excluding carboxylic acids is 1. The molecule has 0 spiro atoms. The highest BCUT2D eigenvalue weighted by atomic mass is 35.5. The van der Waals surface area contributed by atoms with E-state index in [1.807, 2.05) is 25.1 Å². The fourth-order valence-corrected chi connectivity index (χ4v) is 4.05. The minimum absolute atomic E-state index is 0.255. The molecule has 3 aromatic carbocycles. The molecule has 8 heteroatoms. The molecule has 0 saturated carbocycles. The smallest absolute Gasteiger partial charge is 0.416 e. The van der Waals surface area contributed by atoms with E-state index in [1.165, 1.54) is 25.3 Å². The van der Waals surface area contributed by atoms with Crippen molar-refractivity contribution in [2.75, 3.05) is 12.4 Å². The van der Waals surface area contributed by atoms with E-state index in [-0.39, 0.29) is 5.69 Å². The molecule has 1 heterocycles. The lowest BCUT2D eigenvalue weighted by Gasteiger charge is -2.13. The van der Waals surface area contributed by atoms with Gasteiger partial charge in [0.1, 0.15) is 11.3 Å². The molecule has 0 unspecified atom stereocenters. The first kappa shape index (κ1) is 24.4. The topological polar surface area (TPSA) is 51.5 Å². The molecule has 4 rings (SSSR count). The second-order valence-corrected chi connectivity index (χ2v) is 8.44. The predicted octanol–water partition coefficient (Wildman–Crippen LogP) is 8.13. The van der Waals surface area contributed by atoms with E-state index in [0.717, 1.165) is 34.2 Å². The van der Waals surface area contributed by atoms with Crippen LogP contribution < -0.4 is 10.1 Å². The van der Waals surface area contributed by atoms with Crippen molar-refractivity contribution in [3.8, 4) is 16.9 Å². The van der Waals surface area contributed by atoms with Crippen molar-refractivity contribution in [1.82, 2.24) is 0 Å². The van der Waals surface area contributed by atoms with Crippen LogP contribution in [0.25, 0.3) is 27.7 Å². The van der Waals surface area contributed by atoms with Crippen LogP contribution in [-0.2, 0) is 11.0 Å². The van der Waals surface area contributed by atoms with Crippen LogP contribution in [0.1, 0.15) is 23.6 Å². The van der Waals surface area contributed by atoms with Crippen molar-refractivity contribution in [2.45, 2.75) is 20.0 Å². The summed E-state index contributed by atoms with van der Waals surface area (Å²) >= 11 is 6.02. The van der Waals surface area contributed by atoms with Crippen molar-refractivity contribution < 1.29 is 27.1 Å². The number of benzene rings is 3. The van der Waals surface area contributed by atoms with E-state index < -0.39 is 17.6 Å². The van der Waals surface area contributed by atoms with Crippen LogP contribution in [0.15, 0.2) is 71.4 Å². The number of rotatable bonds is 5. The van der Waals surface area contributed by atoms with Crippen molar-refractivity contribution in [3.63, 3.8) is 0 Å². The van der Waals surface area contributed by atoms with E-state index >= 15 is 0 Å². The van der Waals surface area contributed by atoms with E-state index in [1.54, 1.807) is 25.3 Å². The highest BCUT2D eigenvalue weighted by Gasteiger charge is 2.30. The zero-order valence-electron chi connectivity index (χ0n) is 19.1. The summed E-state index contributed by atoms with van der Waals surface area (Å²) in [5, 5.41) is 4.06. The molecule has 0 radical (unpaired) electrons. The Morgan fingerprint density at radius 1 is 1.09 bits per heavy atom. The number of hydrogen-bond donors (Lipinski definition) is 1. The molecule has 1 amide bonds. The molecule has 4 nitrogen and oxygen atoms in total. The van der Waals surface area contributed by atoms with Crippen LogP contribution in [0.5, 0.6) is 5.75 Å². The molecule has 0 aliphatic carbocycles. The molecule has 35 heavy (non-hydrogen) atoms. The normalized spacial score (nSPS) is 12.1. The third kappa shape index (κ3) is 5.05. The van der Waals surface area contributed by atoms with Crippen molar-refractivity contribution in [2.24, 2.45) is 0 Å². The number of nitrogens with one attached hydrogen (secondary N) is 1. The fraction of sp³-hybridized carbons (Fsp3) is 0.148. The zero-order valence-corrected chi connectivity index (χ0v) is 19.8. The van der Waals surface area contributed by atoms with Gasteiger partial charge in [-0.25, -0.2) is 0 Å². The fourth-order valence-electron chi connectivity index (χ4n) is 3.92. The number of hydrogen-bond acceptors (Lipinski definition) is 3. The Bertz CT molecular complexity index is 1420. The van der Waals surface area contributed by atoms with Gasteiger partial charge in [0.15, 0.2) is 0 Å². The third-order valence-corrected chi connectivity index (χ3v) is 5.91. The SMILES string of the molecule is COc1c(/C(C)=C/C(=O)Nc2ccc(C(F)(F)F)cc2)cc2c(-c3ccc(Cl)cc3)coc2c1C. The Morgan fingerprint density at radius 2 is 1.74 bits per heavy atom. The number of ether oxygens (including phenoxy) is 1. The molecule has 0 aliphatic rings. The molecule has 4 aromatic rings. The van der Waals surface area contributed by atoms with E-state index in [0.29, 0.717) is 27.5 Å². The molecule has 0 atom stereocenters. The largest absolute Gasteiger partial charge is 0.496 e. The van der Waals surface area contributed by atoms with Crippen molar-refractivity contribution in [1.29, 1.82) is 0 Å². The molecule has 0 bridgehead atoms. The van der Waals surface area contributed by atoms with Gasteiger partial charge in [-0.05, 0) is 67.4 Å². The van der Waals surface area contributed by atoms with E-state index in [4.69, 9.17) is 20.8 Å². The maximum Gasteiger partial charge on any atom is 0.416 e. The predicted molar refractivity (Wildman–Crippen MR) is 132 cm³/mol. The Hall–Kier alpha value is -3.71. The number of fused-ring (bicyclic) bond motifs is 1. The number of methoxy groups -OCH3 is 1. The highest BCUT2D eigenvalue weighted by Crippen LogP contribution is 2.40. The quantitative estimate of drug-likeness (QED) is 0.282. The van der Waals surface area contributed by atoms with Gasteiger partial charge in [-0.2, -0.15) is 13.2 Å². The summed E-state index contributed by atoms with van der Waals surface area (Å²) in [6.07, 6.45) is -1.40. The number of alkyl halides is 3. The third-order valence-electron chi connectivity index (χ3n) is 5.66. The van der Waals surface area contributed by atoms with Crippen LogP contribution in [0, 0.1) is 6.92 Å². The van der Waals surface area contributed by atoms with Crippen molar-refractivity contribution >= 4 is 39.7 Å². The molecular formula is C27H21ClF3NO3. The zero-order chi connectivity index (χ0) is 25.3. The van der Waals surface area contributed by atoms with E-state index in [9.17, 15) is 18.0 Å². The molecule has 0 aliphatic heterocycles. The summed E-state index contributed by atoms with van der Waals surface area (Å²) in [7, 11) is 1.54. The van der Waals surface area contributed by atoms with Gasteiger partial charge in [0.05, 0.1) is 18.9 Å². The first-order chi connectivity index (χ1) is 16.6. The average Bonchev–Trinajstić information content (AvgIpc) is 3.23. The summed E-state index contributed by atoms with van der Waals surface area (Å²) < 4.78 is 49.8. The molecule has 1 aromatic heterocycles. The van der Waals surface area contributed by atoms with Gasteiger partial charge in [-0.1, -0.05) is 23.7 Å². The van der Waals surface area contributed by atoms with Gasteiger partial charge in [0, 0.05) is 38.9 Å². The standard InChI is InChI=1S/C27H21ClF3NO3/c1-15(12-24(33)32-20-10-6-18(7-11-20)27(29,30)31)21-13-22-23(17-4-8-19(28)9-5-17)14-35-26(22)16(2)25(21)34-3/h4-14H,1-3H3,(H,32,33)/b15-12+. The van der Waals surface area contributed by atoms with Gasteiger partial charge < -0.3 is 14.5 Å². The van der Waals surface area contributed by atoms with Crippen LogP contribution >= 0.6 is 11.6 Å². The molecule has 1 N–H and O–H groups in total. The maximum absolute atomic E-state index is 12.8. The van der Waals surface area contributed by atoms with Gasteiger partial charge in [-0.15, -0.1) is 0 Å². The molecule has 0 fully saturated rings. The Kier molecular flexibility index (Phi) is 6.63. The van der Waals surface area contributed by atoms with Gasteiger partial charge in [0.25, 0.3) is 0 Å². The van der Waals surface area contributed by atoms with Crippen molar-refractivity contribution in [3.05, 3.63) is 88.6 Å². The van der Waals surface area contributed by atoms with E-state index in [2.05, 4.69) is 5.32 Å². The summed E-state index contributed by atoms with van der Waals surface area (Å²) in [6, 6.07) is 13.5. The van der Waals surface area contributed by atoms with Gasteiger partial charge in [0.2, 0.25) is 5.91 Å². The number of furan rings is 1. The molecule has 0 saturated heterocycles. The first-order valence-corrected chi connectivity index (χ1v) is 11.0. The lowest BCUT2D eigenvalue weighted by molar-refractivity contribution is -0.137. The first-order valence-electron chi connectivity index (χ1n) is 10.6. The second kappa shape index (κ2) is 9.50. The number of halogens is 4.